The molecule has 0 saturated carbocycles. The van der Waals surface area contributed by atoms with Gasteiger partial charge >= 0.3 is 0 Å². The van der Waals surface area contributed by atoms with Crippen molar-refractivity contribution in [3.63, 3.8) is 0 Å². The summed E-state index contributed by atoms with van der Waals surface area (Å²) in [5.74, 6) is -1.03. The van der Waals surface area contributed by atoms with Crippen LogP contribution in [0, 0.1) is 6.92 Å². The van der Waals surface area contributed by atoms with Crippen LogP contribution < -0.4 is 4.74 Å². The molecule has 2 aromatic rings. The van der Waals surface area contributed by atoms with Gasteiger partial charge in [-0.25, -0.2) is 0 Å². The molecule has 1 unspecified atom stereocenters. The minimum atomic E-state index is -0.670. The molecular formula is C24H28N2O4. The molecule has 30 heavy (non-hydrogen) atoms. The number of hydrogen-bond donors (Lipinski definition) is 1. The second-order valence-electron chi connectivity index (χ2n) is 7.71. The van der Waals surface area contributed by atoms with E-state index in [0.29, 0.717) is 17.9 Å². The van der Waals surface area contributed by atoms with Crippen molar-refractivity contribution in [2.45, 2.75) is 19.4 Å². The van der Waals surface area contributed by atoms with Crippen molar-refractivity contribution in [3.05, 3.63) is 70.8 Å². The summed E-state index contributed by atoms with van der Waals surface area (Å²) in [7, 11) is 5.44. The Morgan fingerprint density at radius 1 is 1.10 bits per heavy atom. The molecule has 1 fully saturated rings. The van der Waals surface area contributed by atoms with E-state index in [2.05, 4.69) is 0 Å². The van der Waals surface area contributed by atoms with Crippen molar-refractivity contribution >= 4 is 17.4 Å². The number of rotatable bonds is 7. The summed E-state index contributed by atoms with van der Waals surface area (Å²) in [6, 6.07) is 13.9. The van der Waals surface area contributed by atoms with E-state index in [4.69, 9.17) is 4.74 Å². The lowest BCUT2D eigenvalue weighted by molar-refractivity contribution is -0.139. The first-order chi connectivity index (χ1) is 14.4. The number of ether oxygens (including phenoxy) is 1. The standard InChI is InChI=1S/C24H28N2O4/c1-16-10-5-6-11-17(16)21-20(22(27)18-12-7-8-13-19(18)30-4)23(28)24(29)26(21)15-9-14-25(2)3/h5-8,10-13,21,27H,9,14-15H2,1-4H3/b22-20+. The zero-order chi connectivity index (χ0) is 21.8. The number of likely N-dealkylation sites (tertiary alicyclic amines) is 1. The summed E-state index contributed by atoms with van der Waals surface area (Å²) >= 11 is 0. The van der Waals surface area contributed by atoms with Crippen LogP contribution in [-0.2, 0) is 9.59 Å². The highest BCUT2D eigenvalue weighted by molar-refractivity contribution is 6.46. The molecule has 1 heterocycles. The zero-order valence-electron chi connectivity index (χ0n) is 17.9. The van der Waals surface area contributed by atoms with Gasteiger partial charge in [0.15, 0.2) is 0 Å². The van der Waals surface area contributed by atoms with Gasteiger partial charge in [0.1, 0.15) is 11.5 Å². The molecule has 0 aromatic heterocycles. The average Bonchev–Trinajstić information content (AvgIpc) is 2.98. The third-order valence-electron chi connectivity index (χ3n) is 5.39. The fourth-order valence-electron chi connectivity index (χ4n) is 3.87. The van der Waals surface area contributed by atoms with Crippen molar-refractivity contribution < 1.29 is 19.4 Å². The fourth-order valence-corrected chi connectivity index (χ4v) is 3.87. The van der Waals surface area contributed by atoms with Gasteiger partial charge in [-0.2, -0.15) is 0 Å². The lowest BCUT2D eigenvalue weighted by Gasteiger charge is -2.27. The summed E-state index contributed by atoms with van der Waals surface area (Å²) in [5, 5.41) is 11.2. The third-order valence-corrected chi connectivity index (χ3v) is 5.39. The van der Waals surface area contributed by atoms with Crippen molar-refractivity contribution in [2.24, 2.45) is 0 Å². The Bertz CT molecular complexity index is 981. The van der Waals surface area contributed by atoms with Crippen molar-refractivity contribution in [1.82, 2.24) is 9.80 Å². The molecule has 1 aliphatic rings. The lowest BCUT2D eigenvalue weighted by Crippen LogP contribution is -2.32. The Balaban J connectivity index is 2.15. The van der Waals surface area contributed by atoms with E-state index in [1.807, 2.05) is 50.2 Å². The minimum absolute atomic E-state index is 0.101. The molecule has 0 bridgehead atoms. The topological polar surface area (TPSA) is 70.1 Å². The lowest BCUT2D eigenvalue weighted by atomic mass is 9.92. The number of aliphatic hydroxyl groups is 1. The van der Waals surface area contributed by atoms with E-state index in [1.165, 1.54) is 7.11 Å². The summed E-state index contributed by atoms with van der Waals surface area (Å²) in [4.78, 5) is 29.6. The monoisotopic (exact) mass is 408 g/mol. The van der Waals surface area contributed by atoms with Gasteiger partial charge in [-0.3, -0.25) is 9.59 Å². The highest BCUT2D eigenvalue weighted by Crippen LogP contribution is 2.41. The number of amides is 1. The molecule has 1 N–H and O–H groups in total. The summed E-state index contributed by atoms with van der Waals surface area (Å²) in [6.45, 7) is 3.15. The summed E-state index contributed by atoms with van der Waals surface area (Å²) < 4.78 is 5.36. The van der Waals surface area contributed by atoms with Crippen molar-refractivity contribution in [3.8, 4) is 5.75 Å². The number of carbonyl (C=O) groups is 2. The molecule has 1 atom stereocenters. The second kappa shape index (κ2) is 9.13. The number of aliphatic hydroxyl groups excluding tert-OH is 1. The number of nitrogens with zero attached hydrogens (tertiary/aromatic N) is 2. The molecule has 1 amide bonds. The van der Waals surface area contributed by atoms with Gasteiger partial charge < -0.3 is 19.6 Å². The first kappa shape index (κ1) is 21.6. The van der Waals surface area contributed by atoms with Crippen LogP contribution in [0.3, 0.4) is 0 Å². The van der Waals surface area contributed by atoms with Gasteiger partial charge in [-0.15, -0.1) is 0 Å². The predicted molar refractivity (Wildman–Crippen MR) is 116 cm³/mol. The molecule has 3 rings (SSSR count). The highest BCUT2D eigenvalue weighted by atomic mass is 16.5. The Morgan fingerprint density at radius 2 is 1.77 bits per heavy atom. The summed E-state index contributed by atoms with van der Waals surface area (Å²) in [5.41, 5.74) is 2.28. The number of carbonyl (C=O) groups excluding carboxylic acids is 2. The Morgan fingerprint density at radius 3 is 2.43 bits per heavy atom. The number of para-hydroxylation sites is 1. The van der Waals surface area contributed by atoms with Gasteiger partial charge in [0.05, 0.1) is 24.3 Å². The van der Waals surface area contributed by atoms with Crippen molar-refractivity contribution in [2.75, 3.05) is 34.3 Å². The Hall–Kier alpha value is -3.12. The van der Waals surface area contributed by atoms with Crippen LogP contribution in [0.4, 0.5) is 0 Å². The van der Waals surface area contributed by atoms with Gasteiger partial charge in [0.2, 0.25) is 0 Å². The molecule has 1 saturated heterocycles. The van der Waals surface area contributed by atoms with E-state index in [0.717, 1.165) is 24.1 Å². The quantitative estimate of drug-likeness (QED) is 0.432. The zero-order valence-corrected chi connectivity index (χ0v) is 17.9. The molecule has 0 spiro atoms. The number of benzene rings is 2. The normalized spacial score (nSPS) is 18.3. The first-order valence-electron chi connectivity index (χ1n) is 9.98. The highest BCUT2D eigenvalue weighted by Gasteiger charge is 2.46. The first-order valence-corrected chi connectivity index (χ1v) is 9.98. The summed E-state index contributed by atoms with van der Waals surface area (Å²) in [6.07, 6.45) is 0.719. The molecule has 6 nitrogen and oxygen atoms in total. The minimum Gasteiger partial charge on any atom is -0.507 e. The van der Waals surface area contributed by atoms with Crippen LogP contribution in [0.1, 0.15) is 29.2 Å². The van der Waals surface area contributed by atoms with Crippen LogP contribution in [0.15, 0.2) is 54.1 Å². The molecule has 0 aliphatic carbocycles. The third kappa shape index (κ3) is 4.09. The molecule has 1 aliphatic heterocycles. The smallest absolute Gasteiger partial charge is 0.295 e. The van der Waals surface area contributed by atoms with Crippen LogP contribution in [-0.4, -0.2) is 60.9 Å². The maximum Gasteiger partial charge on any atom is 0.295 e. The fraction of sp³-hybridized carbons (Fsp3) is 0.333. The van der Waals surface area contributed by atoms with Gasteiger partial charge in [0.25, 0.3) is 11.7 Å². The van der Waals surface area contributed by atoms with Gasteiger partial charge in [0, 0.05) is 6.54 Å². The van der Waals surface area contributed by atoms with E-state index in [-0.39, 0.29) is 11.3 Å². The maximum atomic E-state index is 13.1. The van der Waals surface area contributed by atoms with Crippen LogP contribution in [0.5, 0.6) is 5.75 Å². The molecule has 2 aromatic carbocycles. The van der Waals surface area contributed by atoms with Gasteiger partial charge in [-0.05, 0) is 57.2 Å². The Labute approximate surface area is 177 Å². The van der Waals surface area contributed by atoms with Crippen LogP contribution >= 0.6 is 0 Å². The van der Waals surface area contributed by atoms with Crippen LogP contribution in [0.25, 0.3) is 5.76 Å². The molecular weight excluding hydrogens is 380 g/mol. The SMILES string of the molecule is COc1ccccc1/C(O)=C1\C(=O)C(=O)N(CCCN(C)C)C1c1ccccc1C. The number of ketones is 1. The van der Waals surface area contributed by atoms with Crippen LogP contribution in [0.2, 0.25) is 0 Å². The van der Waals surface area contributed by atoms with E-state index < -0.39 is 17.7 Å². The maximum absolute atomic E-state index is 13.1. The van der Waals surface area contributed by atoms with E-state index in [1.54, 1.807) is 29.2 Å². The molecule has 6 heteroatoms. The Kier molecular flexibility index (Phi) is 6.57. The van der Waals surface area contributed by atoms with E-state index in [9.17, 15) is 14.7 Å². The molecule has 0 radical (unpaired) electrons. The largest absolute Gasteiger partial charge is 0.507 e. The second-order valence-corrected chi connectivity index (χ2v) is 7.71. The number of methoxy groups -OCH3 is 1. The average molecular weight is 408 g/mol. The predicted octanol–water partition coefficient (Wildman–Crippen LogP) is 3.38. The number of aryl methyl sites for hydroxylation is 1. The number of Topliss-reactive ketones (excluding diaryl/α,β-unsaturated/α-hetero) is 1. The molecule has 158 valence electrons. The number of hydrogen-bond acceptors (Lipinski definition) is 5. The van der Waals surface area contributed by atoms with E-state index >= 15 is 0 Å². The van der Waals surface area contributed by atoms with Crippen molar-refractivity contribution in [1.29, 1.82) is 0 Å². The van der Waals surface area contributed by atoms with Gasteiger partial charge in [-0.1, -0.05) is 36.4 Å².